The average Bonchev–Trinajstić information content (AvgIpc) is 3.61. The molecule has 1 unspecified atom stereocenters. The SMILES string of the molecule is c1ccc(C(c2ccccc2)(c2ccccc2)n2cnc3c([AsH]Cc4ccco4)ncnc32)cc1. The van der Waals surface area contributed by atoms with Crippen molar-refractivity contribution in [2.45, 2.75) is 10.7 Å². The van der Waals surface area contributed by atoms with Crippen molar-refractivity contribution in [2.75, 3.05) is 0 Å². The minimum atomic E-state index is -0.648. The van der Waals surface area contributed by atoms with Crippen molar-refractivity contribution in [1.82, 2.24) is 19.5 Å². The fraction of sp³-hybridized carbons (Fsp3) is 0.0690. The van der Waals surface area contributed by atoms with Crippen LogP contribution in [0.25, 0.3) is 11.2 Å². The Labute approximate surface area is 210 Å². The molecule has 0 saturated heterocycles. The summed E-state index contributed by atoms with van der Waals surface area (Å²) in [5, 5.41) is 0.882. The van der Waals surface area contributed by atoms with E-state index in [4.69, 9.17) is 14.4 Å². The summed E-state index contributed by atoms with van der Waals surface area (Å²) in [5.74, 6) is 0.989. The molecule has 1 atom stereocenters. The second-order valence-corrected chi connectivity index (χ2v) is 10.7. The summed E-state index contributed by atoms with van der Waals surface area (Å²) in [6, 6.07) is 35.7. The van der Waals surface area contributed by atoms with Crippen LogP contribution in [-0.4, -0.2) is 35.3 Å². The molecule has 6 aromatic rings. The van der Waals surface area contributed by atoms with Gasteiger partial charge < -0.3 is 0 Å². The van der Waals surface area contributed by atoms with E-state index in [2.05, 4.69) is 101 Å². The molecular formula is C29H23AsN4O. The van der Waals surface area contributed by atoms with Gasteiger partial charge in [-0.2, -0.15) is 0 Å². The Morgan fingerprint density at radius 2 is 1.29 bits per heavy atom. The van der Waals surface area contributed by atoms with Gasteiger partial charge in [0.15, 0.2) is 0 Å². The molecule has 170 valence electrons. The molecule has 35 heavy (non-hydrogen) atoms. The van der Waals surface area contributed by atoms with Crippen LogP contribution >= 0.6 is 0 Å². The molecule has 5 nitrogen and oxygen atoms in total. The summed E-state index contributed by atoms with van der Waals surface area (Å²) in [6.45, 7) is 0. The van der Waals surface area contributed by atoms with Crippen LogP contribution in [0.1, 0.15) is 22.5 Å². The summed E-state index contributed by atoms with van der Waals surface area (Å²) in [4.78, 5) is 14.3. The molecule has 0 amide bonds. The topological polar surface area (TPSA) is 56.7 Å². The molecule has 0 bridgehead atoms. The Kier molecular flexibility index (Phi) is 5.77. The number of hydrogen-bond acceptors (Lipinski definition) is 4. The fourth-order valence-electron chi connectivity index (χ4n) is 4.75. The Hall–Kier alpha value is -3.95. The van der Waals surface area contributed by atoms with Gasteiger partial charge in [-0.1, -0.05) is 0 Å². The standard InChI is InChI=1S/C29H23AsN4O/c1-4-11-22(12-5-1)29(23-13-6-2-7-14-23,24-15-8-3-9-16-24)34-21-33-26-27(31-20-32-28(26)34)30-19-25-17-10-18-35-25/h1-18,20-21,30H,19H2. The Morgan fingerprint density at radius 3 is 1.83 bits per heavy atom. The van der Waals surface area contributed by atoms with Gasteiger partial charge in [-0.15, -0.1) is 0 Å². The number of fused-ring (bicyclic) bond motifs is 1. The minimum absolute atomic E-state index is 0.596. The molecular weight excluding hydrogens is 495 g/mol. The van der Waals surface area contributed by atoms with E-state index < -0.39 is 21.3 Å². The van der Waals surface area contributed by atoms with Crippen molar-refractivity contribution in [3.63, 3.8) is 0 Å². The van der Waals surface area contributed by atoms with Gasteiger partial charge in [0.05, 0.1) is 0 Å². The van der Waals surface area contributed by atoms with E-state index in [0.29, 0.717) is 0 Å². The zero-order chi connectivity index (χ0) is 23.5. The summed E-state index contributed by atoms with van der Waals surface area (Å²) in [6.07, 6.45) is 5.32. The summed E-state index contributed by atoms with van der Waals surface area (Å²) >= 11 is -0.596. The third-order valence-electron chi connectivity index (χ3n) is 6.28. The number of hydrogen-bond donors (Lipinski definition) is 0. The van der Waals surface area contributed by atoms with Crippen LogP contribution in [0.2, 0.25) is 0 Å². The molecule has 3 aromatic carbocycles. The van der Waals surface area contributed by atoms with Crippen LogP contribution in [0.4, 0.5) is 0 Å². The first-order valence-electron chi connectivity index (χ1n) is 11.5. The zero-order valence-corrected chi connectivity index (χ0v) is 21.0. The second kappa shape index (κ2) is 9.36. The van der Waals surface area contributed by atoms with Crippen LogP contribution < -0.4 is 4.48 Å². The maximum atomic E-state index is 5.56. The normalized spacial score (nSPS) is 12.0. The van der Waals surface area contributed by atoms with Gasteiger partial charge in [-0.05, 0) is 0 Å². The summed E-state index contributed by atoms with van der Waals surface area (Å²) in [7, 11) is 0. The molecule has 0 aliphatic carbocycles. The van der Waals surface area contributed by atoms with Crippen LogP contribution in [0, 0.1) is 0 Å². The monoisotopic (exact) mass is 518 g/mol. The van der Waals surface area contributed by atoms with Crippen molar-refractivity contribution >= 4 is 31.4 Å². The molecule has 0 aliphatic rings. The fourth-order valence-corrected chi connectivity index (χ4v) is 6.92. The number of aromatic nitrogens is 4. The van der Waals surface area contributed by atoms with E-state index in [1.807, 2.05) is 18.5 Å². The third kappa shape index (κ3) is 3.78. The van der Waals surface area contributed by atoms with Gasteiger partial charge in [-0.3, -0.25) is 0 Å². The molecule has 0 radical (unpaired) electrons. The number of nitrogens with zero attached hydrogens (tertiary/aromatic N) is 4. The number of imidazole rings is 1. The summed E-state index contributed by atoms with van der Waals surface area (Å²) < 4.78 is 8.81. The zero-order valence-electron chi connectivity index (χ0n) is 19.0. The summed E-state index contributed by atoms with van der Waals surface area (Å²) in [5.41, 5.74) is 4.47. The molecule has 0 aliphatic heterocycles. The van der Waals surface area contributed by atoms with Crippen LogP contribution in [0.5, 0.6) is 0 Å². The van der Waals surface area contributed by atoms with Crippen LogP contribution in [-0.2, 0) is 10.7 Å². The molecule has 0 N–H and O–H groups in total. The Balaban J connectivity index is 1.61. The number of furan rings is 1. The van der Waals surface area contributed by atoms with Crippen molar-refractivity contribution in [3.05, 3.63) is 144 Å². The average molecular weight is 518 g/mol. The van der Waals surface area contributed by atoms with Gasteiger partial charge in [0.1, 0.15) is 0 Å². The molecule has 3 aromatic heterocycles. The molecule has 0 saturated carbocycles. The van der Waals surface area contributed by atoms with E-state index in [-0.39, 0.29) is 0 Å². The van der Waals surface area contributed by atoms with Gasteiger partial charge in [-0.25, -0.2) is 0 Å². The maximum absolute atomic E-state index is 5.56. The van der Waals surface area contributed by atoms with E-state index in [0.717, 1.165) is 43.3 Å². The number of rotatable bonds is 7. The van der Waals surface area contributed by atoms with Gasteiger partial charge >= 0.3 is 211 Å². The van der Waals surface area contributed by atoms with Crippen molar-refractivity contribution in [3.8, 4) is 0 Å². The van der Waals surface area contributed by atoms with Crippen molar-refractivity contribution in [1.29, 1.82) is 0 Å². The first-order valence-corrected chi connectivity index (χ1v) is 14.0. The molecule has 0 spiro atoms. The van der Waals surface area contributed by atoms with Gasteiger partial charge in [0, 0.05) is 0 Å². The van der Waals surface area contributed by atoms with E-state index in [1.165, 1.54) is 0 Å². The van der Waals surface area contributed by atoms with E-state index in [1.54, 1.807) is 12.6 Å². The Morgan fingerprint density at radius 1 is 0.686 bits per heavy atom. The van der Waals surface area contributed by atoms with Crippen LogP contribution in [0.15, 0.2) is 126 Å². The van der Waals surface area contributed by atoms with Crippen molar-refractivity contribution < 1.29 is 4.42 Å². The van der Waals surface area contributed by atoms with Gasteiger partial charge in [0.25, 0.3) is 0 Å². The predicted octanol–water partition coefficient (Wildman–Crippen LogP) is 4.52. The number of benzene rings is 3. The van der Waals surface area contributed by atoms with Crippen molar-refractivity contribution in [2.24, 2.45) is 0 Å². The molecule has 3 heterocycles. The Bertz CT molecular complexity index is 1440. The molecule has 0 fully saturated rings. The van der Waals surface area contributed by atoms with Crippen LogP contribution in [0.3, 0.4) is 0 Å². The van der Waals surface area contributed by atoms with Gasteiger partial charge in [0.2, 0.25) is 0 Å². The predicted molar refractivity (Wildman–Crippen MR) is 139 cm³/mol. The first-order chi connectivity index (χ1) is 17.4. The third-order valence-corrected chi connectivity index (χ3v) is 8.85. The molecule has 6 heteroatoms. The molecule has 6 rings (SSSR count). The van der Waals surface area contributed by atoms with E-state index in [9.17, 15) is 0 Å². The second-order valence-electron chi connectivity index (χ2n) is 8.25. The first kappa shape index (κ1) is 21.6. The van der Waals surface area contributed by atoms with E-state index >= 15 is 0 Å². The quantitative estimate of drug-likeness (QED) is 0.230.